The summed E-state index contributed by atoms with van der Waals surface area (Å²) in [6.07, 6.45) is 4.25. The van der Waals surface area contributed by atoms with E-state index in [9.17, 15) is 18.3 Å². The highest BCUT2D eigenvalue weighted by Gasteiger charge is 2.14. The van der Waals surface area contributed by atoms with Crippen molar-refractivity contribution in [3.05, 3.63) is 84.6 Å². The number of aromatic hydroxyl groups is 1. The van der Waals surface area contributed by atoms with Crippen molar-refractivity contribution >= 4 is 33.5 Å². The molecular formula is C20H17N3O4S. The Balaban J connectivity index is 1.65. The van der Waals surface area contributed by atoms with Gasteiger partial charge in [-0.2, -0.15) is 0 Å². The molecule has 1 amide bonds. The molecule has 0 aliphatic carbocycles. The molecule has 142 valence electrons. The van der Waals surface area contributed by atoms with Gasteiger partial charge in [-0.25, -0.2) is 13.4 Å². The van der Waals surface area contributed by atoms with Crippen LogP contribution in [0.4, 0.5) is 11.5 Å². The summed E-state index contributed by atoms with van der Waals surface area (Å²) in [6, 6.07) is 17.3. The number of carbonyl (C=O) groups excluding carboxylic acids is 1. The average Bonchev–Trinajstić information content (AvgIpc) is 2.68. The Labute approximate surface area is 162 Å². The number of aromatic nitrogens is 1. The fourth-order valence-electron chi connectivity index (χ4n) is 2.32. The molecule has 0 aliphatic rings. The van der Waals surface area contributed by atoms with E-state index in [4.69, 9.17) is 0 Å². The minimum atomic E-state index is -3.78. The van der Waals surface area contributed by atoms with Gasteiger partial charge < -0.3 is 10.4 Å². The van der Waals surface area contributed by atoms with Gasteiger partial charge in [-0.05, 0) is 48.5 Å². The molecule has 7 nitrogen and oxygen atoms in total. The van der Waals surface area contributed by atoms with Gasteiger partial charge in [-0.15, -0.1) is 0 Å². The number of phenols is 1. The molecule has 0 bridgehead atoms. The average molecular weight is 395 g/mol. The van der Waals surface area contributed by atoms with Gasteiger partial charge in [-0.3, -0.25) is 9.52 Å². The van der Waals surface area contributed by atoms with Crippen LogP contribution in [0.15, 0.2) is 83.9 Å². The van der Waals surface area contributed by atoms with E-state index in [1.165, 1.54) is 48.7 Å². The van der Waals surface area contributed by atoms with Crippen molar-refractivity contribution in [3.63, 3.8) is 0 Å². The van der Waals surface area contributed by atoms with Crippen molar-refractivity contribution in [2.75, 3.05) is 10.0 Å². The van der Waals surface area contributed by atoms with Gasteiger partial charge in [0.15, 0.2) is 0 Å². The molecule has 0 saturated carbocycles. The van der Waals surface area contributed by atoms with Gasteiger partial charge in [0.25, 0.3) is 10.0 Å². The quantitative estimate of drug-likeness (QED) is 0.555. The minimum Gasteiger partial charge on any atom is -0.507 e. The highest BCUT2D eigenvalue weighted by Crippen LogP contribution is 2.18. The molecule has 1 aromatic heterocycles. The number of rotatable bonds is 6. The lowest BCUT2D eigenvalue weighted by molar-refractivity contribution is -0.111. The summed E-state index contributed by atoms with van der Waals surface area (Å²) in [6.45, 7) is 0. The number of phenolic OH excluding ortho intramolecular Hbond substituents is 1. The molecule has 2 aromatic carbocycles. The first-order chi connectivity index (χ1) is 13.4. The van der Waals surface area contributed by atoms with Gasteiger partial charge in [0.05, 0.1) is 4.90 Å². The molecule has 0 fully saturated rings. The number of anilines is 2. The Morgan fingerprint density at radius 2 is 1.68 bits per heavy atom. The maximum absolute atomic E-state index is 12.4. The van der Waals surface area contributed by atoms with Gasteiger partial charge in [-0.1, -0.05) is 24.3 Å². The molecule has 3 aromatic rings. The second kappa shape index (κ2) is 8.36. The molecule has 8 heteroatoms. The van der Waals surface area contributed by atoms with Crippen LogP contribution in [-0.4, -0.2) is 24.4 Å². The van der Waals surface area contributed by atoms with Gasteiger partial charge in [0, 0.05) is 23.5 Å². The molecule has 0 radical (unpaired) electrons. The van der Waals surface area contributed by atoms with Crippen LogP contribution in [0.1, 0.15) is 5.56 Å². The van der Waals surface area contributed by atoms with E-state index < -0.39 is 15.9 Å². The molecule has 1 heterocycles. The number of nitrogens with zero attached hydrogens (tertiary/aromatic N) is 1. The zero-order valence-corrected chi connectivity index (χ0v) is 15.4. The number of hydrogen-bond acceptors (Lipinski definition) is 5. The van der Waals surface area contributed by atoms with Crippen LogP contribution in [0.5, 0.6) is 5.75 Å². The molecule has 0 atom stereocenters. The van der Waals surface area contributed by atoms with Crippen LogP contribution in [0.25, 0.3) is 6.08 Å². The topological polar surface area (TPSA) is 108 Å². The van der Waals surface area contributed by atoms with Crippen molar-refractivity contribution in [2.24, 2.45) is 0 Å². The normalized spacial score (nSPS) is 11.3. The molecule has 0 aliphatic heterocycles. The van der Waals surface area contributed by atoms with E-state index in [0.717, 1.165) is 0 Å². The minimum absolute atomic E-state index is 0.0425. The van der Waals surface area contributed by atoms with Crippen LogP contribution in [-0.2, 0) is 14.8 Å². The molecular weight excluding hydrogens is 378 g/mol. The van der Waals surface area contributed by atoms with Crippen LogP contribution in [0.2, 0.25) is 0 Å². The Morgan fingerprint density at radius 3 is 2.36 bits per heavy atom. The largest absolute Gasteiger partial charge is 0.507 e. The predicted molar refractivity (Wildman–Crippen MR) is 107 cm³/mol. The highest BCUT2D eigenvalue weighted by molar-refractivity contribution is 7.92. The van der Waals surface area contributed by atoms with Crippen molar-refractivity contribution in [1.82, 2.24) is 4.98 Å². The van der Waals surface area contributed by atoms with Gasteiger partial charge in [0.1, 0.15) is 11.6 Å². The van der Waals surface area contributed by atoms with Gasteiger partial charge in [0.2, 0.25) is 5.91 Å². The van der Waals surface area contributed by atoms with E-state index >= 15 is 0 Å². The zero-order valence-electron chi connectivity index (χ0n) is 14.6. The Hall–Kier alpha value is -3.65. The number of para-hydroxylation sites is 1. The van der Waals surface area contributed by atoms with Crippen molar-refractivity contribution < 1.29 is 18.3 Å². The van der Waals surface area contributed by atoms with Crippen molar-refractivity contribution in [1.29, 1.82) is 0 Å². The summed E-state index contributed by atoms with van der Waals surface area (Å²) in [5.74, 6) is -0.124. The molecule has 3 N–H and O–H groups in total. The molecule has 28 heavy (non-hydrogen) atoms. The smallest absolute Gasteiger partial charge is 0.263 e. The maximum atomic E-state index is 12.4. The lowest BCUT2D eigenvalue weighted by Crippen LogP contribution is -2.14. The third kappa shape index (κ3) is 4.95. The summed E-state index contributed by atoms with van der Waals surface area (Å²) >= 11 is 0. The number of sulfonamides is 1. The maximum Gasteiger partial charge on any atom is 0.263 e. The lowest BCUT2D eigenvalue weighted by Gasteiger charge is -2.08. The molecule has 0 spiro atoms. The van der Waals surface area contributed by atoms with Gasteiger partial charge >= 0.3 is 0 Å². The molecule has 3 rings (SSSR count). The van der Waals surface area contributed by atoms with E-state index in [0.29, 0.717) is 11.3 Å². The Morgan fingerprint density at radius 1 is 0.964 bits per heavy atom. The monoisotopic (exact) mass is 395 g/mol. The van der Waals surface area contributed by atoms with Crippen LogP contribution < -0.4 is 10.0 Å². The Bertz CT molecular complexity index is 1100. The first kappa shape index (κ1) is 19.1. The second-order valence-electron chi connectivity index (χ2n) is 5.73. The standard InChI is InChI=1S/C20H17N3O4S/c24-18-6-2-1-5-15(18)8-13-20(25)22-16-9-11-17(12-10-16)28(26,27)23-19-7-3-4-14-21-19/h1-14,24H,(H,21,23)(H,22,25)/b13-8+. The zero-order chi connectivity index (χ0) is 20.0. The summed E-state index contributed by atoms with van der Waals surface area (Å²) in [5, 5.41) is 12.3. The third-order valence-corrected chi connectivity index (χ3v) is 5.06. The molecule has 0 saturated heterocycles. The van der Waals surface area contributed by atoms with E-state index in [-0.39, 0.29) is 16.5 Å². The fraction of sp³-hybridized carbons (Fsp3) is 0. The van der Waals surface area contributed by atoms with Crippen molar-refractivity contribution in [2.45, 2.75) is 4.90 Å². The van der Waals surface area contributed by atoms with E-state index in [2.05, 4.69) is 15.0 Å². The first-order valence-corrected chi connectivity index (χ1v) is 9.73. The van der Waals surface area contributed by atoms with Crippen molar-refractivity contribution in [3.8, 4) is 5.75 Å². The number of nitrogens with one attached hydrogen (secondary N) is 2. The highest BCUT2D eigenvalue weighted by atomic mass is 32.2. The third-order valence-electron chi connectivity index (χ3n) is 3.69. The first-order valence-electron chi connectivity index (χ1n) is 8.25. The summed E-state index contributed by atoms with van der Waals surface area (Å²) in [4.78, 5) is 16.0. The summed E-state index contributed by atoms with van der Waals surface area (Å²) in [5.41, 5.74) is 0.948. The van der Waals surface area contributed by atoms with Crippen LogP contribution in [0.3, 0.4) is 0 Å². The summed E-state index contributed by atoms with van der Waals surface area (Å²) in [7, 11) is -3.78. The number of amides is 1. The second-order valence-corrected chi connectivity index (χ2v) is 7.41. The number of carbonyl (C=O) groups is 1. The summed E-state index contributed by atoms with van der Waals surface area (Å²) < 4.78 is 27.1. The number of hydrogen-bond donors (Lipinski definition) is 3. The fourth-order valence-corrected chi connectivity index (χ4v) is 3.32. The SMILES string of the molecule is O=C(/C=C/c1ccccc1O)Nc1ccc(S(=O)(=O)Nc2ccccn2)cc1. The van der Waals surface area contributed by atoms with E-state index in [1.54, 1.807) is 36.4 Å². The molecule has 0 unspecified atom stereocenters. The van der Waals surface area contributed by atoms with Crippen LogP contribution >= 0.6 is 0 Å². The lowest BCUT2D eigenvalue weighted by atomic mass is 10.2. The Kier molecular flexibility index (Phi) is 5.71. The predicted octanol–water partition coefficient (Wildman–Crippen LogP) is 3.24. The van der Waals surface area contributed by atoms with Crippen LogP contribution in [0, 0.1) is 0 Å². The number of benzene rings is 2. The number of pyridine rings is 1. The van der Waals surface area contributed by atoms with E-state index in [1.807, 2.05) is 0 Å².